The van der Waals surface area contributed by atoms with Crippen molar-refractivity contribution in [2.45, 2.75) is 32.4 Å². The molecule has 5 nitrogen and oxygen atoms in total. The van der Waals surface area contributed by atoms with E-state index in [2.05, 4.69) is 29.5 Å². The first kappa shape index (κ1) is 17.9. The van der Waals surface area contributed by atoms with Gasteiger partial charge in [0, 0.05) is 30.6 Å². The molecular weight excluding hydrogens is 334 g/mol. The Hall–Kier alpha value is -1.92. The van der Waals surface area contributed by atoms with Gasteiger partial charge >= 0.3 is 6.09 Å². The molecule has 2 aromatic rings. The number of carbonyl (C=O) groups is 1. The largest absolute Gasteiger partial charge is 0.444 e. The summed E-state index contributed by atoms with van der Waals surface area (Å²) in [6, 6.07) is 10.3. The van der Waals surface area contributed by atoms with Crippen LogP contribution in [0.3, 0.4) is 0 Å². The Labute approximate surface area is 153 Å². The zero-order valence-corrected chi connectivity index (χ0v) is 16.0. The van der Waals surface area contributed by atoms with Crippen molar-refractivity contribution in [2.75, 3.05) is 26.7 Å². The lowest BCUT2D eigenvalue weighted by Gasteiger charge is -2.38. The van der Waals surface area contributed by atoms with Gasteiger partial charge in [-0.05, 0) is 27.8 Å². The molecule has 1 aromatic carbocycles. The van der Waals surface area contributed by atoms with Crippen LogP contribution in [0.1, 0.15) is 31.8 Å². The number of hydrogen-bond acceptors (Lipinski definition) is 5. The van der Waals surface area contributed by atoms with Crippen LogP contribution in [-0.2, 0) is 4.74 Å². The van der Waals surface area contributed by atoms with Gasteiger partial charge in [-0.25, -0.2) is 9.78 Å². The molecule has 2 heterocycles. The number of rotatable bonds is 2. The Bertz CT molecular complexity index is 724. The summed E-state index contributed by atoms with van der Waals surface area (Å²) >= 11 is 1.65. The minimum Gasteiger partial charge on any atom is -0.444 e. The topological polar surface area (TPSA) is 45.7 Å². The molecule has 1 fully saturated rings. The minimum absolute atomic E-state index is 0.101. The van der Waals surface area contributed by atoms with Crippen LogP contribution >= 0.6 is 11.3 Å². The summed E-state index contributed by atoms with van der Waals surface area (Å²) in [6.45, 7) is 7.78. The maximum Gasteiger partial charge on any atom is 0.410 e. The highest BCUT2D eigenvalue weighted by molar-refractivity contribution is 7.10. The summed E-state index contributed by atoms with van der Waals surface area (Å²) in [4.78, 5) is 21.3. The highest BCUT2D eigenvalue weighted by atomic mass is 32.1. The molecule has 0 bridgehead atoms. The molecule has 1 atom stereocenters. The third-order valence-corrected chi connectivity index (χ3v) is 5.12. The van der Waals surface area contributed by atoms with Crippen LogP contribution in [0, 0.1) is 0 Å². The third-order valence-electron chi connectivity index (χ3n) is 4.18. The molecule has 0 aliphatic carbocycles. The fourth-order valence-electron chi connectivity index (χ4n) is 2.81. The van der Waals surface area contributed by atoms with Crippen molar-refractivity contribution in [2.24, 2.45) is 0 Å². The zero-order chi connectivity index (χ0) is 18.0. The summed E-state index contributed by atoms with van der Waals surface area (Å²) in [5, 5.41) is 3.12. The lowest BCUT2D eigenvalue weighted by Crippen LogP contribution is -2.50. The Kier molecular flexibility index (Phi) is 5.11. The first-order chi connectivity index (χ1) is 11.8. The van der Waals surface area contributed by atoms with E-state index in [-0.39, 0.29) is 12.1 Å². The molecule has 1 aliphatic heterocycles. The lowest BCUT2D eigenvalue weighted by molar-refractivity contribution is 0.00738. The quantitative estimate of drug-likeness (QED) is 0.812. The number of thiazole rings is 1. The third kappa shape index (κ3) is 4.38. The van der Waals surface area contributed by atoms with E-state index < -0.39 is 5.60 Å². The van der Waals surface area contributed by atoms with Gasteiger partial charge in [0.25, 0.3) is 0 Å². The van der Waals surface area contributed by atoms with Crippen molar-refractivity contribution in [3.63, 3.8) is 0 Å². The van der Waals surface area contributed by atoms with Crippen molar-refractivity contribution in [3.05, 3.63) is 40.7 Å². The van der Waals surface area contributed by atoms with Crippen molar-refractivity contribution in [3.8, 4) is 11.3 Å². The maximum absolute atomic E-state index is 12.4. The molecule has 0 spiro atoms. The summed E-state index contributed by atoms with van der Waals surface area (Å²) in [5.74, 6) is 0. The van der Waals surface area contributed by atoms with E-state index in [0.717, 1.165) is 22.8 Å². The number of hydrogen-bond donors (Lipinski definition) is 0. The molecule has 0 N–H and O–H groups in total. The van der Waals surface area contributed by atoms with Crippen LogP contribution in [0.2, 0.25) is 0 Å². The van der Waals surface area contributed by atoms with E-state index in [1.165, 1.54) is 0 Å². The summed E-state index contributed by atoms with van der Waals surface area (Å²) < 4.78 is 5.52. The van der Waals surface area contributed by atoms with Crippen LogP contribution < -0.4 is 0 Å². The molecule has 1 unspecified atom stereocenters. The highest BCUT2D eigenvalue weighted by Gasteiger charge is 2.32. The number of carbonyl (C=O) groups excluding carboxylic acids is 1. The smallest absolute Gasteiger partial charge is 0.410 e. The fourth-order valence-corrected chi connectivity index (χ4v) is 3.80. The molecule has 3 rings (SSSR count). The SMILES string of the molecule is CN1CCN(C(=O)OC(C)(C)C)CC1c1nc(-c2ccccc2)cs1. The minimum atomic E-state index is -0.475. The Morgan fingerprint density at radius 2 is 1.96 bits per heavy atom. The first-order valence-corrected chi connectivity index (χ1v) is 9.40. The molecule has 0 radical (unpaired) electrons. The predicted octanol–water partition coefficient (Wildman–Crippen LogP) is 4.03. The average Bonchev–Trinajstić information content (AvgIpc) is 3.04. The van der Waals surface area contributed by atoms with Gasteiger partial charge in [-0.15, -0.1) is 11.3 Å². The number of likely N-dealkylation sites (N-methyl/N-ethyl adjacent to an activating group) is 1. The Balaban J connectivity index is 1.75. The van der Waals surface area contributed by atoms with E-state index in [1.807, 2.05) is 39.0 Å². The highest BCUT2D eigenvalue weighted by Crippen LogP contribution is 2.30. The molecule has 6 heteroatoms. The molecule has 1 saturated heterocycles. The molecule has 1 aromatic heterocycles. The lowest BCUT2D eigenvalue weighted by atomic mass is 10.1. The molecule has 25 heavy (non-hydrogen) atoms. The fraction of sp³-hybridized carbons (Fsp3) is 0.474. The predicted molar refractivity (Wildman–Crippen MR) is 101 cm³/mol. The van der Waals surface area contributed by atoms with Gasteiger partial charge in [0.15, 0.2) is 0 Å². The molecular formula is C19H25N3O2S. The van der Waals surface area contributed by atoms with Gasteiger partial charge < -0.3 is 9.64 Å². The van der Waals surface area contributed by atoms with Crippen LogP contribution in [0.15, 0.2) is 35.7 Å². The van der Waals surface area contributed by atoms with Crippen LogP contribution in [0.5, 0.6) is 0 Å². The molecule has 1 aliphatic rings. The van der Waals surface area contributed by atoms with Gasteiger partial charge in [0.05, 0.1) is 11.7 Å². The van der Waals surface area contributed by atoms with E-state index in [9.17, 15) is 4.79 Å². The molecule has 1 amide bonds. The van der Waals surface area contributed by atoms with E-state index >= 15 is 0 Å². The van der Waals surface area contributed by atoms with Gasteiger partial charge in [0.2, 0.25) is 0 Å². The van der Waals surface area contributed by atoms with Gasteiger partial charge in [-0.3, -0.25) is 4.90 Å². The first-order valence-electron chi connectivity index (χ1n) is 8.52. The van der Waals surface area contributed by atoms with E-state index in [1.54, 1.807) is 16.2 Å². The summed E-state index contributed by atoms with van der Waals surface area (Å²) in [5.41, 5.74) is 1.63. The summed E-state index contributed by atoms with van der Waals surface area (Å²) in [6.07, 6.45) is -0.245. The van der Waals surface area contributed by atoms with Crippen LogP contribution in [0.25, 0.3) is 11.3 Å². The second-order valence-corrected chi connectivity index (χ2v) is 8.25. The van der Waals surface area contributed by atoms with Gasteiger partial charge in [-0.1, -0.05) is 30.3 Å². The monoisotopic (exact) mass is 359 g/mol. The number of amides is 1. The van der Waals surface area contributed by atoms with Gasteiger partial charge in [-0.2, -0.15) is 0 Å². The van der Waals surface area contributed by atoms with Crippen molar-refractivity contribution in [1.82, 2.24) is 14.8 Å². The van der Waals surface area contributed by atoms with Crippen LogP contribution in [0.4, 0.5) is 4.79 Å². The number of benzene rings is 1. The second kappa shape index (κ2) is 7.14. The Morgan fingerprint density at radius 3 is 2.64 bits per heavy atom. The van der Waals surface area contributed by atoms with Gasteiger partial charge in [0.1, 0.15) is 10.6 Å². The number of nitrogens with zero attached hydrogens (tertiary/aromatic N) is 3. The van der Waals surface area contributed by atoms with E-state index in [4.69, 9.17) is 9.72 Å². The maximum atomic E-state index is 12.4. The number of ether oxygens (including phenoxy) is 1. The Morgan fingerprint density at radius 1 is 1.24 bits per heavy atom. The molecule has 0 saturated carbocycles. The standard InChI is InChI=1S/C19H25N3O2S/c1-19(2,3)24-18(23)22-11-10-21(4)16(12-22)17-20-15(13-25-17)14-8-6-5-7-9-14/h5-9,13,16H,10-12H2,1-4H3. The van der Waals surface area contributed by atoms with Crippen molar-refractivity contribution >= 4 is 17.4 Å². The number of aromatic nitrogens is 1. The summed E-state index contributed by atoms with van der Waals surface area (Å²) in [7, 11) is 2.08. The van der Waals surface area contributed by atoms with Crippen molar-refractivity contribution < 1.29 is 9.53 Å². The second-order valence-electron chi connectivity index (χ2n) is 7.36. The average molecular weight is 359 g/mol. The van der Waals surface area contributed by atoms with E-state index in [0.29, 0.717) is 13.1 Å². The van der Waals surface area contributed by atoms with Crippen molar-refractivity contribution in [1.29, 1.82) is 0 Å². The molecule has 134 valence electrons. The number of piperazine rings is 1. The van der Waals surface area contributed by atoms with Crippen LogP contribution in [-0.4, -0.2) is 53.2 Å². The zero-order valence-electron chi connectivity index (χ0n) is 15.2. The normalized spacial score (nSPS) is 19.0.